The number of aromatic nitrogens is 4. The molecular formula is C26H29FN6O4. The maximum atomic E-state index is 13.4. The number of fused-ring (bicyclic) bond motifs is 3. The molecule has 10 nitrogen and oxygen atoms in total. The highest BCUT2D eigenvalue weighted by molar-refractivity contribution is 5.98. The zero-order chi connectivity index (χ0) is 26.9. The van der Waals surface area contributed by atoms with Crippen LogP contribution in [0.4, 0.5) is 4.39 Å². The van der Waals surface area contributed by atoms with Gasteiger partial charge in [-0.25, -0.2) is 18.3 Å². The van der Waals surface area contributed by atoms with Gasteiger partial charge >= 0.3 is 5.69 Å². The van der Waals surface area contributed by atoms with Crippen LogP contribution in [0.25, 0.3) is 16.7 Å². The smallest absolute Gasteiger partial charge is 0.350 e. The Morgan fingerprint density at radius 1 is 1.05 bits per heavy atom. The van der Waals surface area contributed by atoms with Gasteiger partial charge in [-0.2, -0.15) is 0 Å². The molecule has 2 N–H and O–H groups in total. The Bertz CT molecular complexity index is 1600. The molecule has 0 aliphatic carbocycles. The van der Waals surface area contributed by atoms with Gasteiger partial charge in [-0.1, -0.05) is 19.1 Å². The van der Waals surface area contributed by atoms with Crippen LogP contribution in [-0.4, -0.2) is 36.6 Å². The van der Waals surface area contributed by atoms with E-state index in [1.54, 1.807) is 32.0 Å². The molecule has 4 rings (SSSR count). The SMILES string of the molecule is CCC(C)NC(=O)c1ccc2c(=O)n(C(C)C)c3nn(CC(=O)NCc4ccc(F)cc4)c(=O)n3c2c1. The summed E-state index contributed by atoms with van der Waals surface area (Å²) < 4.78 is 16.7. The minimum Gasteiger partial charge on any atom is -0.350 e. The number of amides is 2. The first kappa shape index (κ1) is 25.8. The van der Waals surface area contributed by atoms with Crippen LogP contribution in [0.2, 0.25) is 0 Å². The Kier molecular flexibility index (Phi) is 7.23. The fraction of sp³-hybridized carbons (Fsp3) is 0.346. The molecular weight excluding hydrogens is 479 g/mol. The number of carbonyl (C=O) groups excluding carboxylic acids is 2. The first-order valence-corrected chi connectivity index (χ1v) is 12.1. The van der Waals surface area contributed by atoms with E-state index in [1.165, 1.54) is 33.2 Å². The van der Waals surface area contributed by atoms with Crippen molar-refractivity contribution in [3.05, 3.63) is 80.2 Å². The van der Waals surface area contributed by atoms with E-state index in [-0.39, 0.29) is 59.1 Å². The van der Waals surface area contributed by atoms with E-state index in [0.29, 0.717) is 11.1 Å². The summed E-state index contributed by atoms with van der Waals surface area (Å²) in [6, 6.07) is 9.89. The van der Waals surface area contributed by atoms with E-state index in [4.69, 9.17) is 0 Å². The van der Waals surface area contributed by atoms with Gasteiger partial charge in [0.05, 0.1) is 10.9 Å². The summed E-state index contributed by atoms with van der Waals surface area (Å²) in [7, 11) is 0. The third-order valence-corrected chi connectivity index (χ3v) is 6.19. The second-order valence-corrected chi connectivity index (χ2v) is 9.26. The molecule has 2 aromatic heterocycles. The highest BCUT2D eigenvalue weighted by Crippen LogP contribution is 2.17. The van der Waals surface area contributed by atoms with Crippen molar-refractivity contribution in [1.29, 1.82) is 0 Å². The molecule has 37 heavy (non-hydrogen) atoms. The number of hydrogen-bond acceptors (Lipinski definition) is 5. The van der Waals surface area contributed by atoms with Crippen molar-refractivity contribution in [2.24, 2.45) is 0 Å². The van der Waals surface area contributed by atoms with Gasteiger partial charge in [-0.15, -0.1) is 5.10 Å². The van der Waals surface area contributed by atoms with Gasteiger partial charge in [-0.3, -0.25) is 19.0 Å². The van der Waals surface area contributed by atoms with Gasteiger partial charge in [0.2, 0.25) is 11.7 Å². The number of benzene rings is 2. The van der Waals surface area contributed by atoms with Crippen molar-refractivity contribution < 1.29 is 14.0 Å². The maximum absolute atomic E-state index is 13.4. The summed E-state index contributed by atoms with van der Waals surface area (Å²) in [5, 5.41) is 10.1. The van der Waals surface area contributed by atoms with E-state index in [9.17, 15) is 23.6 Å². The minimum absolute atomic E-state index is 0.0453. The number of nitrogens with zero attached hydrogens (tertiary/aromatic N) is 4. The first-order chi connectivity index (χ1) is 17.6. The molecule has 2 amide bonds. The summed E-state index contributed by atoms with van der Waals surface area (Å²) >= 11 is 0. The highest BCUT2D eigenvalue weighted by Gasteiger charge is 2.21. The molecule has 0 saturated carbocycles. The molecule has 0 radical (unpaired) electrons. The van der Waals surface area contributed by atoms with E-state index in [0.717, 1.165) is 11.1 Å². The second-order valence-electron chi connectivity index (χ2n) is 9.26. The lowest BCUT2D eigenvalue weighted by Crippen LogP contribution is -2.33. The van der Waals surface area contributed by atoms with Gasteiger partial charge in [-0.05, 0) is 63.1 Å². The largest absolute Gasteiger partial charge is 0.352 e. The van der Waals surface area contributed by atoms with Crippen LogP contribution in [-0.2, 0) is 17.9 Å². The molecule has 11 heteroatoms. The molecule has 194 valence electrons. The Labute approximate surface area is 211 Å². The zero-order valence-corrected chi connectivity index (χ0v) is 21.1. The molecule has 0 bridgehead atoms. The Balaban J connectivity index is 1.75. The monoisotopic (exact) mass is 508 g/mol. The van der Waals surface area contributed by atoms with Crippen molar-refractivity contribution in [3.8, 4) is 0 Å². The predicted molar refractivity (Wildman–Crippen MR) is 137 cm³/mol. The number of hydrogen-bond donors (Lipinski definition) is 2. The van der Waals surface area contributed by atoms with E-state index >= 15 is 0 Å². The molecule has 4 aromatic rings. The molecule has 0 aliphatic heterocycles. The minimum atomic E-state index is -0.620. The lowest BCUT2D eigenvalue weighted by atomic mass is 10.1. The average Bonchev–Trinajstić information content (AvgIpc) is 3.18. The van der Waals surface area contributed by atoms with Gasteiger partial charge < -0.3 is 10.6 Å². The molecule has 1 unspecified atom stereocenters. The normalized spacial score (nSPS) is 12.3. The number of halogens is 1. The lowest BCUT2D eigenvalue weighted by molar-refractivity contribution is -0.122. The summed E-state index contributed by atoms with van der Waals surface area (Å²) in [5.74, 6) is -1.11. The van der Waals surface area contributed by atoms with E-state index in [1.807, 2.05) is 13.8 Å². The summed E-state index contributed by atoms with van der Waals surface area (Å²) in [6.45, 7) is 7.18. The van der Waals surface area contributed by atoms with Gasteiger partial charge in [0.15, 0.2) is 0 Å². The number of nitrogens with one attached hydrogen (secondary N) is 2. The fourth-order valence-corrected chi connectivity index (χ4v) is 3.99. The third-order valence-electron chi connectivity index (χ3n) is 6.19. The van der Waals surface area contributed by atoms with Crippen LogP contribution in [0.1, 0.15) is 56.1 Å². The predicted octanol–water partition coefficient (Wildman–Crippen LogP) is 2.38. The van der Waals surface area contributed by atoms with Crippen molar-refractivity contribution in [1.82, 2.24) is 29.4 Å². The summed E-state index contributed by atoms with van der Waals surface area (Å²) in [6.07, 6.45) is 0.748. The van der Waals surface area contributed by atoms with Crippen LogP contribution in [0.3, 0.4) is 0 Å². The van der Waals surface area contributed by atoms with Crippen LogP contribution in [0.15, 0.2) is 52.1 Å². The van der Waals surface area contributed by atoms with Crippen molar-refractivity contribution in [2.45, 2.75) is 59.3 Å². The van der Waals surface area contributed by atoms with Crippen molar-refractivity contribution in [2.75, 3.05) is 0 Å². The van der Waals surface area contributed by atoms with Gasteiger partial charge in [0.1, 0.15) is 12.4 Å². The Hall–Kier alpha value is -4.28. The first-order valence-electron chi connectivity index (χ1n) is 12.1. The van der Waals surface area contributed by atoms with Crippen molar-refractivity contribution in [3.63, 3.8) is 0 Å². The molecule has 0 spiro atoms. The molecule has 2 heterocycles. The van der Waals surface area contributed by atoms with Gasteiger partial charge in [0, 0.05) is 24.2 Å². The lowest BCUT2D eigenvalue weighted by Gasteiger charge is -2.14. The van der Waals surface area contributed by atoms with E-state index < -0.39 is 11.6 Å². The zero-order valence-electron chi connectivity index (χ0n) is 21.1. The molecule has 1 atom stereocenters. The maximum Gasteiger partial charge on any atom is 0.352 e. The quantitative estimate of drug-likeness (QED) is 0.379. The fourth-order valence-electron chi connectivity index (χ4n) is 3.99. The average molecular weight is 509 g/mol. The van der Waals surface area contributed by atoms with Crippen LogP contribution < -0.4 is 21.9 Å². The van der Waals surface area contributed by atoms with Crippen LogP contribution in [0.5, 0.6) is 0 Å². The Morgan fingerprint density at radius 2 is 1.76 bits per heavy atom. The van der Waals surface area contributed by atoms with Crippen LogP contribution in [0, 0.1) is 5.82 Å². The highest BCUT2D eigenvalue weighted by atomic mass is 19.1. The third kappa shape index (κ3) is 5.16. The topological polar surface area (TPSA) is 120 Å². The molecule has 0 fully saturated rings. The second kappa shape index (κ2) is 10.4. The van der Waals surface area contributed by atoms with Crippen molar-refractivity contribution >= 4 is 28.5 Å². The number of rotatable bonds is 8. The Morgan fingerprint density at radius 3 is 2.41 bits per heavy atom. The van der Waals surface area contributed by atoms with Gasteiger partial charge in [0.25, 0.3) is 11.5 Å². The van der Waals surface area contributed by atoms with Crippen LogP contribution >= 0.6 is 0 Å². The summed E-state index contributed by atoms with van der Waals surface area (Å²) in [4.78, 5) is 52.0. The molecule has 2 aromatic carbocycles. The number of carbonyl (C=O) groups is 2. The summed E-state index contributed by atoms with van der Waals surface area (Å²) in [5.41, 5.74) is 0.249. The van der Waals surface area contributed by atoms with E-state index in [2.05, 4.69) is 15.7 Å². The standard InChI is InChI=1S/C26H29FN6O4/c1-5-16(4)29-23(35)18-8-11-20-21(12-18)33-25(32(15(2)3)24(20)36)30-31(26(33)37)14-22(34)28-13-17-6-9-19(27)10-7-17/h6-12,15-16H,5,13-14H2,1-4H3,(H,28,34)(H,29,35). The molecule has 0 aliphatic rings. The molecule has 0 saturated heterocycles.